The normalized spacial score (nSPS) is 42.1. The van der Waals surface area contributed by atoms with Gasteiger partial charge in [-0.05, 0) is 6.92 Å². The van der Waals surface area contributed by atoms with Crippen molar-refractivity contribution in [2.75, 3.05) is 6.61 Å². The number of urea groups is 1. The van der Waals surface area contributed by atoms with Gasteiger partial charge in [-0.25, -0.2) is 4.79 Å². The summed E-state index contributed by atoms with van der Waals surface area (Å²) in [6.45, 7) is 0.762. The Hall–Kier alpha value is -1.22. The maximum absolute atomic E-state index is 11.5. The van der Waals surface area contributed by atoms with E-state index in [4.69, 9.17) is 9.84 Å². The van der Waals surface area contributed by atoms with Crippen molar-refractivity contribution >= 4 is 11.9 Å². The maximum atomic E-state index is 11.5. The molecule has 8 heteroatoms. The van der Waals surface area contributed by atoms with Gasteiger partial charge in [0, 0.05) is 6.42 Å². The van der Waals surface area contributed by atoms with E-state index in [0.717, 1.165) is 11.8 Å². The van der Waals surface area contributed by atoms with Crippen LogP contribution in [0.4, 0.5) is 4.79 Å². The van der Waals surface area contributed by atoms with Crippen LogP contribution in [0.3, 0.4) is 0 Å². The first-order valence-electron chi connectivity index (χ1n) is 5.19. The van der Waals surface area contributed by atoms with E-state index in [0.29, 0.717) is 0 Å². The molecule has 2 aliphatic heterocycles. The van der Waals surface area contributed by atoms with Crippen LogP contribution in [0.2, 0.25) is 0 Å². The molecule has 0 aromatic carbocycles. The number of amides is 3. The number of nitrogens with zero attached hydrogens (tertiary/aromatic N) is 1. The van der Waals surface area contributed by atoms with Gasteiger partial charge in [0.25, 0.3) is 5.91 Å². The van der Waals surface area contributed by atoms with Crippen LogP contribution in [0.15, 0.2) is 0 Å². The van der Waals surface area contributed by atoms with Gasteiger partial charge in [-0.1, -0.05) is 0 Å². The Kier molecular flexibility index (Phi) is 2.82. The van der Waals surface area contributed by atoms with Crippen LogP contribution in [0.5, 0.6) is 0 Å². The van der Waals surface area contributed by atoms with Crippen LogP contribution in [0.25, 0.3) is 0 Å². The molecule has 96 valence electrons. The molecule has 0 saturated carbocycles. The van der Waals surface area contributed by atoms with Gasteiger partial charge in [0.1, 0.15) is 12.3 Å². The first-order valence-corrected chi connectivity index (χ1v) is 5.19. The number of hydrogen-bond acceptors (Lipinski definition) is 6. The number of carbonyl (C=O) groups excluding carboxylic acids is 2. The molecule has 2 rings (SSSR count). The zero-order chi connectivity index (χ0) is 12.8. The number of nitrogens with one attached hydrogen (secondary N) is 1. The van der Waals surface area contributed by atoms with Gasteiger partial charge in [0.05, 0.1) is 12.7 Å². The smallest absolute Gasteiger partial charge is 0.328 e. The summed E-state index contributed by atoms with van der Waals surface area (Å²) >= 11 is 0. The molecule has 0 spiro atoms. The average Bonchev–Trinajstić information content (AvgIpc) is 2.66. The molecule has 2 saturated heterocycles. The van der Waals surface area contributed by atoms with E-state index >= 15 is 0 Å². The van der Waals surface area contributed by atoms with Gasteiger partial charge in [0.15, 0.2) is 0 Å². The first kappa shape index (κ1) is 12.2. The Morgan fingerprint density at radius 1 is 1.59 bits per heavy atom. The number of aliphatic hydroxyl groups is 3. The van der Waals surface area contributed by atoms with Crippen molar-refractivity contribution in [1.82, 2.24) is 10.2 Å². The number of aliphatic hydroxyl groups excluding tert-OH is 2. The highest BCUT2D eigenvalue weighted by Crippen LogP contribution is 2.30. The molecule has 0 radical (unpaired) electrons. The first-order chi connectivity index (χ1) is 7.87. The zero-order valence-electron chi connectivity index (χ0n) is 9.16. The molecular formula is C9H14N2O6. The van der Waals surface area contributed by atoms with Crippen molar-refractivity contribution < 1.29 is 29.6 Å². The summed E-state index contributed by atoms with van der Waals surface area (Å²) in [5.41, 5.74) is -2.01. The van der Waals surface area contributed by atoms with Crippen LogP contribution in [0.1, 0.15) is 13.3 Å². The predicted octanol–water partition coefficient (Wildman–Crippen LogP) is -2.29. The van der Waals surface area contributed by atoms with E-state index in [1.165, 1.54) is 0 Å². The molecule has 8 nitrogen and oxygen atoms in total. The molecule has 0 aromatic rings. The third kappa shape index (κ3) is 1.78. The molecule has 0 bridgehead atoms. The SMILES string of the molecule is C[C@]1(O)C(=O)NC(=O)N1[C@H]1C[C@H](O)[C@@H](CO)O1. The number of carbonyl (C=O) groups is 2. The molecule has 0 unspecified atom stereocenters. The fourth-order valence-electron chi connectivity index (χ4n) is 2.03. The van der Waals surface area contributed by atoms with Crippen LogP contribution in [-0.4, -0.2) is 62.9 Å². The number of rotatable bonds is 2. The summed E-state index contributed by atoms with van der Waals surface area (Å²) in [4.78, 5) is 23.6. The van der Waals surface area contributed by atoms with E-state index in [2.05, 4.69) is 0 Å². The zero-order valence-corrected chi connectivity index (χ0v) is 9.16. The Morgan fingerprint density at radius 3 is 2.65 bits per heavy atom. The van der Waals surface area contributed by atoms with E-state index in [-0.39, 0.29) is 6.42 Å². The van der Waals surface area contributed by atoms with Gasteiger partial charge in [-0.15, -0.1) is 0 Å². The Balaban J connectivity index is 2.18. The summed E-state index contributed by atoms with van der Waals surface area (Å²) < 4.78 is 5.21. The van der Waals surface area contributed by atoms with Crippen molar-refractivity contribution in [2.45, 2.75) is 37.5 Å². The Morgan fingerprint density at radius 2 is 2.24 bits per heavy atom. The van der Waals surface area contributed by atoms with E-state index in [1.807, 2.05) is 5.32 Å². The van der Waals surface area contributed by atoms with E-state index < -0.39 is 42.7 Å². The fraction of sp³-hybridized carbons (Fsp3) is 0.778. The number of hydrogen-bond donors (Lipinski definition) is 4. The van der Waals surface area contributed by atoms with Crippen LogP contribution >= 0.6 is 0 Å². The van der Waals surface area contributed by atoms with Crippen LogP contribution in [-0.2, 0) is 9.53 Å². The highest BCUT2D eigenvalue weighted by molar-refractivity contribution is 6.05. The van der Waals surface area contributed by atoms with Crippen molar-refractivity contribution in [3.63, 3.8) is 0 Å². The summed E-state index contributed by atoms with van der Waals surface area (Å²) in [6.07, 6.45) is -2.67. The highest BCUT2D eigenvalue weighted by Gasteiger charge is 2.54. The second-order valence-corrected chi connectivity index (χ2v) is 4.26. The topological polar surface area (TPSA) is 119 Å². The minimum Gasteiger partial charge on any atom is -0.394 e. The fourth-order valence-corrected chi connectivity index (χ4v) is 2.03. The van der Waals surface area contributed by atoms with Crippen LogP contribution < -0.4 is 5.32 Å². The molecule has 4 N–H and O–H groups in total. The summed E-state index contributed by atoms with van der Waals surface area (Å²) in [6, 6.07) is -0.782. The summed E-state index contributed by atoms with van der Waals surface area (Å²) in [5.74, 6) is -0.840. The lowest BCUT2D eigenvalue weighted by Gasteiger charge is -2.31. The van der Waals surface area contributed by atoms with Gasteiger partial charge in [0.2, 0.25) is 5.72 Å². The molecule has 2 heterocycles. The Labute approximate surface area is 96.8 Å². The molecule has 3 amide bonds. The maximum Gasteiger partial charge on any atom is 0.328 e. The lowest BCUT2D eigenvalue weighted by Crippen LogP contribution is -2.52. The molecule has 4 atom stereocenters. The molecule has 0 aliphatic carbocycles. The molecule has 2 aliphatic rings. The van der Waals surface area contributed by atoms with E-state index in [9.17, 15) is 19.8 Å². The van der Waals surface area contributed by atoms with E-state index in [1.54, 1.807) is 0 Å². The average molecular weight is 246 g/mol. The Bertz CT molecular complexity index is 357. The molecule has 0 aromatic heterocycles. The molecular weight excluding hydrogens is 232 g/mol. The third-order valence-electron chi connectivity index (χ3n) is 3.01. The largest absolute Gasteiger partial charge is 0.394 e. The van der Waals surface area contributed by atoms with Gasteiger partial charge < -0.3 is 20.1 Å². The van der Waals surface area contributed by atoms with Crippen molar-refractivity contribution in [3.05, 3.63) is 0 Å². The molecule has 2 fully saturated rings. The van der Waals surface area contributed by atoms with Crippen molar-refractivity contribution in [2.24, 2.45) is 0 Å². The third-order valence-corrected chi connectivity index (χ3v) is 3.01. The minimum atomic E-state index is -2.01. The number of imide groups is 1. The quantitative estimate of drug-likeness (QED) is 0.407. The minimum absolute atomic E-state index is 0.0298. The standard InChI is InChI=1S/C9H14N2O6/c1-9(16)7(14)10-8(15)11(9)6-2-4(13)5(3-12)17-6/h4-6,12-13,16H,2-3H2,1H3,(H,10,14,15)/t4-,5+,6+,9-/m0/s1. The molecule has 17 heavy (non-hydrogen) atoms. The van der Waals surface area contributed by atoms with Gasteiger partial charge >= 0.3 is 6.03 Å². The van der Waals surface area contributed by atoms with Crippen molar-refractivity contribution in [3.8, 4) is 0 Å². The highest BCUT2D eigenvalue weighted by atomic mass is 16.6. The lowest BCUT2D eigenvalue weighted by atomic mass is 10.1. The summed E-state index contributed by atoms with van der Waals surface area (Å²) in [5, 5.41) is 30.3. The lowest BCUT2D eigenvalue weighted by molar-refractivity contribution is -0.164. The van der Waals surface area contributed by atoms with Gasteiger partial charge in [-0.2, -0.15) is 0 Å². The second kappa shape index (κ2) is 3.91. The predicted molar refractivity (Wildman–Crippen MR) is 52.4 cm³/mol. The second-order valence-electron chi connectivity index (χ2n) is 4.26. The summed E-state index contributed by atoms with van der Waals surface area (Å²) in [7, 11) is 0. The van der Waals surface area contributed by atoms with Crippen LogP contribution in [0, 0.1) is 0 Å². The number of ether oxygens (including phenoxy) is 1. The monoisotopic (exact) mass is 246 g/mol. The van der Waals surface area contributed by atoms with Crippen molar-refractivity contribution in [1.29, 1.82) is 0 Å². The van der Waals surface area contributed by atoms with Gasteiger partial charge in [-0.3, -0.25) is 15.0 Å².